The van der Waals surface area contributed by atoms with E-state index >= 15 is 0 Å². The summed E-state index contributed by atoms with van der Waals surface area (Å²) >= 11 is 0. The topological polar surface area (TPSA) is 104 Å². The molecule has 0 saturated carbocycles. The molecule has 8 nitrogen and oxygen atoms in total. The van der Waals surface area contributed by atoms with Gasteiger partial charge in [-0.1, -0.05) is 0 Å². The van der Waals surface area contributed by atoms with Crippen LogP contribution in [-0.4, -0.2) is 34.8 Å². The highest BCUT2D eigenvalue weighted by molar-refractivity contribution is 6.05. The molecule has 0 saturated heterocycles. The van der Waals surface area contributed by atoms with Crippen molar-refractivity contribution < 1.29 is 14.0 Å². The van der Waals surface area contributed by atoms with Gasteiger partial charge in [0.2, 0.25) is 0 Å². The molecule has 3 rings (SSSR count). The van der Waals surface area contributed by atoms with Crippen molar-refractivity contribution in [1.29, 1.82) is 0 Å². The highest BCUT2D eigenvalue weighted by Gasteiger charge is 2.15. The fourth-order valence-corrected chi connectivity index (χ4v) is 3.02. The summed E-state index contributed by atoms with van der Waals surface area (Å²) in [6.45, 7) is 4.98. The first-order valence-corrected chi connectivity index (χ1v) is 10.0. The van der Waals surface area contributed by atoms with Gasteiger partial charge in [-0.05, 0) is 73.6 Å². The van der Waals surface area contributed by atoms with Gasteiger partial charge in [0.25, 0.3) is 11.8 Å². The molecule has 3 aromatic rings. The minimum Gasteiger partial charge on any atom is -0.354 e. The zero-order valence-corrected chi connectivity index (χ0v) is 17.6. The van der Waals surface area contributed by atoms with E-state index in [0.29, 0.717) is 30.0 Å². The summed E-state index contributed by atoms with van der Waals surface area (Å²) in [4.78, 5) is 42.0. The van der Waals surface area contributed by atoms with Crippen molar-refractivity contribution in [1.82, 2.24) is 9.88 Å². The molecule has 0 aliphatic rings. The first-order valence-electron chi connectivity index (χ1n) is 10.0. The van der Waals surface area contributed by atoms with Crippen LogP contribution in [0.1, 0.15) is 34.6 Å². The number of nitrogens with one attached hydrogen (secondary N) is 2. The van der Waals surface area contributed by atoms with E-state index in [1.807, 2.05) is 13.8 Å². The Kier molecular flexibility index (Phi) is 7.22. The number of benzene rings is 2. The number of anilines is 3. The maximum absolute atomic E-state index is 13.1. The second kappa shape index (κ2) is 10.3. The van der Waals surface area contributed by atoms with Crippen LogP contribution in [0.3, 0.4) is 0 Å². The summed E-state index contributed by atoms with van der Waals surface area (Å²) < 4.78 is 13.1. The third-order valence-corrected chi connectivity index (χ3v) is 4.78. The highest BCUT2D eigenvalue weighted by Crippen LogP contribution is 2.29. The van der Waals surface area contributed by atoms with Crippen molar-refractivity contribution in [3.05, 3.63) is 82.6 Å². The van der Waals surface area contributed by atoms with Crippen LogP contribution in [0.4, 0.5) is 27.3 Å². The van der Waals surface area contributed by atoms with E-state index in [9.17, 15) is 18.9 Å². The summed E-state index contributed by atoms with van der Waals surface area (Å²) in [5.41, 5.74) is 1.62. The number of carbonyl (C=O) groups is 2. The van der Waals surface area contributed by atoms with Gasteiger partial charge in [0, 0.05) is 30.5 Å². The van der Waals surface area contributed by atoms with E-state index in [-0.39, 0.29) is 23.0 Å². The zero-order valence-electron chi connectivity index (χ0n) is 17.6. The van der Waals surface area contributed by atoms with E-state index in [4.69, 9.17) is 0 Å². The summed E-state index contributed by atoms with van der Waals surface area (Å²) in [7, 11) is 0. The van der Waals surface area contributed by atoms with E-state index in [2.05, 4.69) is 20.8 Å². The van der Waals surface area contributed by atoms with Crippen LogP contribution in [0, 0.1) is 10.7 Å². The second-order valence-electron chi connectivity index (χ2n) is 6.82. The number of halogens is 1. The molecule has 0 bridgehead atoms. The van der Waals surface area contributed by atoms with Crippen LogP contribution in [0.5, 0.6) is 0 Å². The molecule has 0 atom stereocenters. The quantitative estimate of drug-likeness (QED) is 0.479. The largest absolute Gasteiger partial charge is 0.354 e. The molecule has 2 aromatic carbocycles. The summed E-state index contributed by atoms with van der Waals surface area (Å²) in [6, 6.07) is 13.0. The lowest BCUT2D eigenvalue weighted by Crippen LogP contribution is -2.30. The van der Waals surface area contributed by atoms with Crippen LogP contribution >= 0.6 is 0 Å². The normalized spacial score (nSPS) is 10.3. The number of rotatable bonds is 8. The molecule has 164 valence electrons. The number of aromatic nitrogens is 1. The summed E-state index contributed by atoms with van der Waals surface area (Å²) in [6.07, 6.45) is 1.41. The molecule has 0 aliphatic heterocycles. The lowest BCUT2D eigenvalue weighted by molar-refractivity contribution is 0.0772. The van der Waals surface area contributed by atoms with E-state index in [1.54, 1.807) is 17.0 Å². The Morgan fingerprint density at radius 1 is 1.00 bits per heavy atom. The van der Waals surface area contributed by atoms with Crippen LogP contribution in [0.15, 0.2) is 66.0 Å². The van der Waals surface area contributed by atoms with Crippen molar-refractivity contribution in [2.45, 2.75) is 13.8 Å². The molecule has 1 heterocycles. The van der Waals surface area contributed by atoms with Crippen molar-refractivity contribution in [2.75, 3.05) is 23.7 Å². The molecule has 0 spiro atoms. The average molecular weight is 435 g/mol. The Morgan fingerprint density at radius 3 is 2.28 bits per heavy atom. The van der Waals surface area contributed by atoms with E-state index in [1.165, 1.54) is 48.7 Å². The molecule has 32 heavy (non-hydrogen) atoms. The third kappa shape index (κ3) is 5.31. The van der Waals surface area contributed by atoms with Crippen LogP contribution in [0.25, 0.3) is 0 Å². The number of amides is 2. The van der Waals surface area contributed by atoms with E-state index in [0.717, 1.165) is 0 Å². The standard InChI is InChI=1S/C23H22FN5O3/c1-3-29(4-2)23(31)16-6-12-21(25-14-16)27-22(30)15-5-11-19(28-32)20(13-15)26-18-9-7-17(24)8-10-18/h5-14,26H,3-4H2,1-2H3,(H,25,27,30). The third-order valence-electron chi connectivity index (χ3n) is 4.78. The van der Waals surface area contributed by atoms with Crippen molar-refractivity contribution in [3.8, 4) is 0 Å². The number of carbonyl (C=O) groups excluding carboxylic acids is 2. The van der Waals surface area contributed by atoms with Gasteiger partial charge in [0.1, 0.15) is 17.3 Å². The Morgan fingerprint density at radius 2 is 1.69 bits per heavy atom. The first kappa shape index (κ1) is 22.5. The SMILES string of the molecule is CCN(CC)C(=O)c1ccc(NC(=O)c2ccc(N=O)c(Nc3ccc(F)cc3)c2)nc1. The van der Waals surface area contributed by atoms with Crippen molar-refractivity contribution >= 4 is 34.7 Å². The lowest BCUT2D eigenvalue weighted by atomic mass is 10.1. The fourth-order valence-electron chi connectivity index (χ4n) is 3.02. The Balaban J connectivity index is 1.75. The molecule has 0 fully saturated rings. The average Bonchev–Trinajstić information content (AvgIpc) is 2.81. The Hall–Kier alpha value is -4.14. The van der Waals surface area contributed by atoms with Crippen molar-refractivity contribution in [2.24, 2.45) is 5.18 Å². The molecule has 2 amide bonds. The molecule has 1 aromatic heterocycles. The van der Waals surface area contributed by atoms with Gasteiger partial charge in [-0.2, -0.15) is 0 Å². The monoisotopic (exact) mass is 435 g/mol. The molecular weight excluding hydrogens is 413 g/mol. The summed E-state index contributed by atoms with van der Waals surface area (Å²) in [5, 5.41) is 8.57. The minimum absolute atomic E-state index is 0.100. The van der Waals surface area contributed by atoms with Crippen molar-refractivity contribution in [3.63, 3.8) is 0 Å². The van der Waals surface area contributed by atoms with Crippen LogP contribution in [0.2, 0.25) is 0 Å². The second-order valence-corrected chi connectivity index (χ2v) is 6.82. The number of hydrogen-bond donors (Lipinski definition) is 2. The number of nitroso groups, excluding NO2 is 1. The number of nitrogens with zero attached hydrogens (tertiary/aromatic N) is 3. The lowest BCUT2D eigenvalue weighted by Gasteiger charge is -2.18. The van der Waals surface area contributed by atoms with Crippen LogP contribution in [-0.2, 0) is 0 Å². The minimum atomic E-state index is -0.458. The molecule has 9 heteroatoms. The molecule has 0 aliphatic carbocycles. The molecular formula is C23H22FN5O3. The number of hydrogen-bond acceptors (Lipinski definition) is 6. The predicted octanol–water partition coefficient (Wildman–Crippen LogP) is 5.10. The van der Waals surface area contributed by atoms with Gasteiger partial charge < -0.3 is 15.5 Å². The van der Waals surface area contributed by atoms with Crippen LogP contribution < -0.4 is 10.6 Å². The summed E-state index contributed by atoms with van der Waals surface area (Å²) in [5.74, 6) is -0.708. The maximum Gasteiger partial charge on any atom is 0.256 e. The highest BCUT2D eigenvalue weighted by atomic mass is 19.1. The van der Waals surface area contributed by atoms with Gasteiger partial charge in [0.05, 0.1) is 11.3 Å². The maximum atomic E-state index is 13.1. The van der Waals surface area contributed by atoms with Gasteiger partial charge in [0.15, 0.2) is 0 Å². The van der Waals surface area contributed by atoms with Gasteiger partial charge in [-0.25, -0.2) is 9.37 Å². The van der Waals surface area contributed by atoms with Gasteiger partial charge in [-0.3, -0.25) is 9.59 Å². The Labute approximate surface area is 184 Å². The van der Waals surface area contributed by atoms with Gasteiger partial charge in [-0.15, -0.1) is 4.91 Å². The predicted molar refractivity (Wildman–Crippen MR) is 121 cm³/mol. The first-order chi connectivity index (χ1) is 15.4. The smallest absolute Gasteiger partial charge is 0.256 e. The number of pyridine rings is 1. The molecule has 0 radical (unpaired) electrons. The fraction of sp³-hybridized carbons (Fsp3) is 0.174. The van der Waals surface area contributed by atoms with E-state index < -0.39 is 11.7 Å². The molecule has 0 unspecified atom stereocenters. The van der Waals surface area contributed by atoms with Gasteiger partial charge >= 0.3 is 0 Å². The Bertz CT molecular complexity index is 1110. The zero-order chi connectivity index (χ0) is 23.1. The molecule has 2 N–H and O–H groups in total.